The Morgan fingerprint density at radius 3 is 2.77 bits per heavy atom. The number of benzene rings is 1. The molecule has 1 unspecified atom stereocenters. The van der Waals surface area contributed by atoms with Gasteiger partial charge in [0.15, 0.2) is 0 Å². The highest BCUT2D eigenvalue weighted by Gasteiger charge is 2.29. The number of urea groups is 1. The second kappa shape index (κ2) is 8.77. The van der Waals surface area contributed by atoms with E-state index in [1.54, 1.807) is 29.3 Å². The molecular formula is C22H22N4O4. The van der Waals surface area contributed by atoms with E-state index in [4.69, 9.17) is 4.74 Å². The summed E-state index contributed by atoms with van der Waals surface area (Å²) in [5.41, 5.74) is 1.38. The number of likely N-dealkylation sites (tertiary alicyclic amines) is 1. The molecule has 1 aromatic carbocycles. The molecule has 30 heavy (non-hydrogen) atoms. The lowest BCUT2D eigenvalue weighted by atomic mass is 9.98. The van der Waals surface area contributed by atoms with Crippen LogP contribution < -0.4 is 10.9 Å². The summed E-state index contributed by atoms with van der Waals surface area (Å²) in [6.07, 6.45) is 3.01. The number of esters is 1. The molecule has 4 rings (SSSR count). The van der Waals surface area contributed by atoms with Gasteiger partial charge in [0, 0.05) is 31.0 Å². The van der Waals surface area contributed by atoms with Crippen molar-refractivity contribution in [2.75, 3.05) is 18.4 Å². The van der Waals surface area contributed by atoms with E-state index < -0.39 is 5.92 Å². The first-order chi connectivity index (χ1) is 14.6. The van der Waals surface area contributed by atoms with E-state index in [1.165, 1.54) is 10.5 Å². The number of anilines is 1. The molecule has 1 N–H and O–H groups in total. The van der Waals surface area contributed by atoms with Crippen molar-refractivity contribution in [1.82, 2.24) is 14.3 Å². The van der Waals surface area contributed by atoms with Crippen LogP contribution in [0.5, 0.6) is 0 Å². The SMILES string of the molecule is O=C(OCc1cc(=O)n2ccccc2n1)C1CCCN(C(=O)Nc2ccccc2)C1. The first-order valence-corrected chi connectivity index (χ1v) is 9.85. The Balaban J connectivity index is 1.35. The van der Waals surface area contributed by atoms with Gasteiger partial charge < -0.3 is 15.0 Å². The third-order valence-electron chi connectivity index (χ3n) is 5.05. The number of hydrogen-bond donors (Lipinski definition) is 1. The zero-order chi connectivity index (χ0) is 20.9. The molecule has 0 aliphatic carbocycles. The molecule has 1 saturated heterocycles. The maximum atomic E-state index is 12.6. The largest absolute Gasteiger partial charge is 0.459 e. The summed E-state index contributed by atoms with van der Waals surface area (Å²) >= 11 is 0. The van der Waals surface area contributed by atoms with Crippen molar-refractivity contribution in [2.45, 2.75) is 19.4 Å². The summed E-state index contributed by atoms with van der Waals surface area (Å²) in [6, 6.07) is 15.6. The quantitative estimate of drug-likeness (QED) is 0.673. The maximum absolute atomic E-state index is 12.6. The minimum Gasteiger partial charge on any atom is -0.459 e. The number of pyridine rings is 1. The predicted octanol–water partition coefficient (Wildman–Crippen LogP) is 2.68. The van der Waals surface area contributed by atoms with E-state index in [9.17, 15) is 14.4 Å². The average Bonchev–Trinajstić information content (AvgIpc) is 2.78. The Labute approximate surface area is 173 Å². The maximum Gasteiger partial charge on any atom is 0.321 e. The molecule has 3 aromatic rings. The van der Waals surface area contributed by atoms with Crippen LogP contribution in [0.3, 0.4) is 0 Å². The van der Waals surface area contributed by atoms with Gasteiger partial charge in [0.1, 0.15) is 12.3 Å². The zero-order valence-electron chi connectivity index (χ0n) is 16.4. The number of aromatic nitrogens is 2. The van der Waals surface area contributed by atoms with Gasteiger partial charge in [-0.2, -0.15) is 0 Å². The van der Waals surface area contributed by atoms with Gasteiger partial charge in [-0.25, -0.2) is 9.78 Å². The van der Waals surface area contributed by atoms with Gasteiger partial charge in [-0.1, -0.05) is 24.3 Å². The number of carbonyl (C=O) groups is 2. The molecule has 2 amide bonds. The van der Waals surface area contributed by atoms with Crippen LogP contribution in [0.15, 0.2) is 65.6 Å². The highest BCUT2D eigenvalue weighted by molar-refractivity contribution is 5.89. The van der Waals surface area contributed by atoms with Crippen molar-refractivity contribution in [3.63, 3.8) is 0 Å². The van der Waals surface area contributed by atoms with Crippen molar-refractivity contribution >= 4 is 23.3 Å². The lowest BCUT2D eigenvalue weighted by Crippen LogP contribution is -2.44. The summed E-state index contributed by atoms with van der Waals surface area (Å²) in [5.74, 6) is -0.788. The van der Waals surface area contributed by atoms with Crippen LogP contribution in [-0.2, 0) is 16.1 Å². The summed E-state index contributed by atoms with van der Waals surface area (Å²) in [6.45, 7) is 0.808. The molecule has 2 aromatic heterocycles. The van der Waals surface area contributed by atoms with Gasteiger partial charge in [-0.15, -0.1) is 0 Å². The van der Waals surface area contributed by atoms with Crippen LogP contribution in [-0.4, -0.2) is 39.4 Å². The number of hydrogen-bond acceptors (Lipinski definition) is 5. The Morgan fingerprint density at radius 2 is 1.93 bits per heavy atom. The van der Waals surface area contributed by atoms with Crippen LogP contribution in [0, 0.1) is 5.92 Å². The number of nitrogens with one attached hydrogen (secondary N) is 1. The minimum absolute atomic E-state index is 0.0772. The summed E-state index contributed by atoms with van der Waals surface area (Å²) in [5, 5.41) is 2.84. The van der Waals surface area contributed by atoms with E-state index in [2.05, 4.69) is 10.3 Å². The second-order valence-corrected chi connectivity index (χ2v) is 7.20. The molecule has 8 heteroatoms. The monoisotopic (exact) mass is 406 g/mol. The van der Waals surface area contributed by atoms with Crippen LogP contribution >= 0.6 is 0 Å². The van der Waals surface area contributed by atoms with Gasteiger partial charge in [-0.05, 0) is 37.1 Å². The van der Waals surface area contributed by atoms with Crippen LogP contribution in [0.4, 0.5) is 10.5 Å². The number of fused-ring (bicyclic) bond motifs is 1. The van der Waals surface area contributed by atoms with E-state index in [-0.39, 0.29) is 24.2 Å². The van der Waals surface area contributed by atoms with Gasteiger partial charge in [-0.3, -0.25) is 14.0 Å². The summed E-state index contributed by atoms with van der Waals surface area (Å²) in [7, 11) is 0. The molecule has 1 fully saturated rings. The molecule has 154 valence electrons. The normalized spacial score (nSPS) is 16.3. The minimum atomic E-state index is -0.401. The fourth-order valence-corrected chi connectivity index (χ4v) is 3.52. The highest BCUT2D eigenvalue weighted by Crippen LogP contribution is 2.19. The van der Waals surface area contributed by atoms with E-state index >= 15 is 0 Å². The topological polar surface area (TPSA) is 93.0 Å². The molecule has 1 aliphatic heterocycles. The Hall–Kier alpha value is -3.68. The number of piperidine rings is 1. The van der Waals surface area contributed by atoms with Crippen LogP contribution in [0.1, 0.15) is 18.5 Å². The van der Waals surface area contributed by atoms with Gasteiger partial charge in [0.2, 0.25) is 0 Å². The molecule has 0 radical (unpaired) electrons. The number of para-hydroxylation sites is 1. The Bertz CT molecular complexity index is 1110. The fourth-order valence-electron chi connectivity index (χ4n) is 3.52. The van der Waals surface area contributed by atoms with Gasteiger partial charge in [0.25, 0.3) is 5.56 Å². The van der Waals surface area contributed by atoms with Crippen molar-refractivity contribution in [3.05, 3.63) is 76.8 Å². The van der Waals surface area contributed by atoms with Crippen LogP contribution in [0.2, 0.25) is 0 Å². The second-order valence-electron chi connectivity index (χ2n) is 7.20. The van der Waals surface area contributed by atoms with E-state index in [0.29, 0.717) is 36.5 Å². The molecule has 8 nitrogen and oxygen atoms in total. The zero-order valence-corrected chi connectivity index (χ0v) is 16.4. The number of amides is 2. The van der Waals surface area contributed by atoms with Crippen molar-refractivity contribution < 1.29 is 14.3 Å². The first kappa shape index (κ1) is 19.6. The smallest absolute Gasteiger partial charge is 0.321 e. The number of ether oxygens (including phenoxy) is 1. The lowest BCUT2D eigenvalue weighted by molar-refractivity contribution is -0.151. The Kier molecular flexibility index (Phi) is 5.74. The molecule has 1 aliphatic rings. The number of carbonyl (C=O) groups excluding carboxylic acids is 2. The Morgan fingerprint density at radius 1 is 1.13 bits per heavy atom. The van der Waals surface area contributed by atoms with Crippen molar-refractivity contribution in [1.29, 1.82) is 0 Å². The van der Waals surface area contributed by atoms with Crippen molar-refractivity contribution in [3.8, 4) is 0 Å². The number of rotatable bonds is 4. The standard InChI is InChI=1S/C22H22N4O4/c27-20-13-18(23-19-10-4-5-12-26(19)20)15-30-21(28)16-7-6-11-25(14-16)22(29)24-17-8-2-1-3-9-17/h1-5,8-10,12-13,16H,6-7,11,14-15H2,(H,24,29). The predicted molar refractivity (Wildman–Crippen MR) is 111 cm³/mol. The lowest BCUT2D eigenvalue weighted by Gasteiger charge is -2.31. The molecule has 0 bridgehead atoms. The summed E-state index contributed by atoms with van der Waals surface area (Å²) < 4.78 is 6.84. The first-order valence-electron chi connectivity index (χ1n) is 9.85. The van der Waals surface area contributed by atoms with E-state index in [0.717, 1.165) is 6.42 Å². The van der Waals surface area contributed by atoms with Crippen molar-refractivity contribution in [2.24, 2.45) is 5.92 Å². The van der Waals surface area contributed by atoms with Gasteiger partial charge in [0.05, 0.1) is 11.6 Å². The van der Waals surface area contributed by atoms with E-state index in [1.807, 2.05) is 30.3 Å². The van der Waals surface area contributed by atoms with Crippen LogP contribution in [0.25, 0.3) is 5.65 Å². The number of nitrogens with zero attached hydrogens (tertiary/aromatic N) is 3. The molecule has 1 atom stereocenters. The highest BCUT2D eigenvalue weighted by atomic mass is 16.5. The fraction of sp³-hybridized carbons (Fsp3) is 0.273. The molecule has 0 spiro atoms. The third-order valence-corrected chi connectivity index (χ3v) is 5.05. The summed E-state index contributed by atoms with van der Waals surface area (Å²) in [4.78, 5) is 43.2. The molecule has 3 heterocycles. The molecule has 0 saturated carbocycles. The third kappa shape index (κ3) is 4.48. The average molecular weight is 406 g/mol. The molecular weight excluding hydrogens is 384 g/mol. The van der Waals surface area contributed by atoms with Gasteiger partial charge >= 0.3 is 12.0 Å².